The van der Waals surface area contributed by atoms with E-state index in [2.05, 4.69) is 34.0 Å². The van der Waals surface area contributed by atoms with Crippen LogP contribution in [0.3, 0.4) is 0 Å². The van der Waals surface area contributed by atoms with Gasteiger partial charge in [-0.05, 0) is 61.6 Å². The maximum Gasteiger partial charge on any atom is 0.315 e. The van der Waals surface area contributed by atoms with E-state index in [4.69, 9.17) is 0 Å². The molecule has 1 fully saturated rings. The molecule has 0 bridgehead atoms. The molecule has 0 unspecified atom stereocenters. The summed E-state index contributed by atoms with van der Waals surface area (Å²) in [5.74, 6) is -0.903. The third-order valence-electron chi connectivity index (χ3n) is 5.37. The molecule has 1 saturated heterocycles. The van der Waals surface area contributed by atoms with Gasteiger partial charge in [0, 0.05) is 18.3 Å². The first-order valence-electron chi connectivity index (χ1n) is 9.86. The fourth-order valence-electron chi connectivity index (χ4n) is 3.78. The summed E-state index contributed by atoms with van der Waals surface area (Å²) in [4.78, 5) is 25.9. The zero-order valence-corrected chi connectivity index (χ0v) is 16.6. The molecule has 5 nitrogen and oxygen atoms in total. The molecule has 1 aliphatic rings. The van der Waals surface area contributed by atoms with Gasteiger partial charge in [-0.2, -0.15) is 0 Å². The average molecular weight is 380 g/mol. The number of hydrogen-bond acceptors (Lipinski definition) is 4. The summed E-state index contributed by atoms with van der Waals surface area (Å²) in [7, 11) is 1.28. The number of benzene rings is 2. The van der Waals surface area contributed by atoms with Crippen LogP contribution in [0.4, 0.5) is 5.69 Å². The van der Waals surface area contributed by atoms with Crippen molar-refractivity contribution in [2.75, 3.05) is 25.5 Å². The molecule has 5 heteroatoms. The summed E-state index contributed by atoms with van der Waals surface area (Å²) in [5.41, 5.74) is 4.25. The SMILES string of the molecule is COC(=O)CC(=O)Nc1ccc(-c2ccccc2)c(CCN2CCC[C@H]2C)c1. The molecule has 1 N–H and O–H groups in total. The topological polar surface area (TPSA) is 58.6 Å². The Morgan fingerprint density at radius 2 is 1.96 bits per heavy atom. The van der Waals surface area contributed by atoms with Gasteiger partial charge < -0.3 is 15.0 Å². The number of carbonyl (C=O) groups excluding carboxylic acids is 2. The summed E-state index contributed by atoms with van der Waals surface area (Å²) in [6, 6.07) is 16.9. The van der Waals surface area contributed by atoms with Gasteiger partial charge in [0.1, 0.15) is 6.42 Å². The number of anilines is 1. The molecule has 148 valence electrons. The number of likely N-dealkylation sites (tertiary alicyclic amines) is 1. The van der Waals surface area contributed by atoms with E-state index in [-0.39, 0.29) is 12.3 Å². The van der Waals surface area contributed by atoms with Gasteiger partial charge in [0.25, 0.3) is 0 Å². The molecular formula is C23H28N2O3. The van der Waals surface area contributed by atoms with Crippen LogP contribution in [-0.2, 0) is 20.7 Å². The van der Waals surface area contributed by atoms with Crippen LogP contribution in [-0.4, -0.2) is 43.0 Å². The third kappa shape index (κ3) is 5.20. The number of ether oxygens (including phenoxy) is 1. The third-order valence-corrected chi connectivity index (χ3v) is 5.37. The highest BCUT2D eigenvalue weighted by Crippen LogP contribution is 2.28. The molecule has 1 atom stereocenters. The standard InChI is InChI=1S/C23H28N2O3/c1-17-7-6-13-25(17)14-12-19-15-20(24-22(26)16-23(27)28-2)10-11-21(19)18-8-4-3-5-9-18/h3-5,8-11,15,17H,6-7,12-14,16H2,1-2H3,(H,24,26)/t17-/m1/s1. The summed E-state index contributed by atoms with van der Waals surface area (Å²) in [6.07, 6.45) is 3.15. The lowest BCUT2D eigenvalue weighted by molar-refractivity contribution is -0.142. The maximum absolute atomic E-state index is 12.0. The second kappa shape index (κ2) is 9.51. The van der Waals surface area contributed by atoms with Gasteiger partial charge in [0.15, 0.2) is 0 Å². The molecule has 2 aromatic rings. The number of esters is 1. The number of carbonyl (C=O) groups is 2. The van der Waals surface area contributed by atoms with Gasteiger partial charge in [-0.3, -0.25) is 9.59 Å². The number of nitrogens with zero attached hydrogens (tertiary/aromatic N) is 1. The Bertz CT molecular complexity index is 820. The molecule has 1 heterocycles. The van der Waals surface area contributed by atoms with Crippen LogP contribution in [0.15, 0.2) is 48.5 Å². The van der Waals surface area contributed by atoms with Crippen molar-refractivity contribution in [1.29, 1.82) is 0 Å². The molecular weight excluding hydrogens is 352 g/mol. The van der Waals surface area contributed by atoms with Crippen molar-refractivity contribution >= 4 is 17.6 Å². The van der Waals surface area contributed by atoms with Crippen LogP contribution in [0.2, 0.25) is 0 Å². The van der Waals surface area contributed by atoms with Crippen LogP contribution in [0.5, 0.6) is 0 Å². The Labute approximate surface area is 166 Å². The lowest BCUT2D eigenvalue weighted by atomic mass is 9.96. The van der Waals surface area contributed by atoms with E-state index >= 15 is 0 Å². The first-order valence-corrected chi connectivity index (χ1v) is 9.86. The quantitative estimate of drug-likeness (QED) is 0.585. The number of amides is 1. The molecule has 0 radical (unpaired) electrons. The normalized spacial score (nSPS) is 16.7. The van der Waals surface area contributed by atoms with Crippen molar-refractivity contribution in [1.82, 2.24) is 4.90 Å². The fraction of sp³-hybridized carbons (Fsp3) is 0.391. The number of methoxy groups -OCH3 is 1. The minimum Gasteiger partial charge on any atom is -0.469 e. The Morgan fingerprint density at radius 1 is 1.18 bits per heavy atom. The Kier molecular flexibility index (Phi) is 6.82. The van der Waals surface area contributed by atoms with Crippen molar-refractivity contribution in [3.05, 3.63) is 54.1 Å². The Hall–Kier alpha value is -2.66. The van der Waals surface area contributed by atoms with E-state index in [9.17, 15) is 9.59 Å². The Balaban J connectivity index is 1.79. The van der Waals surface area contributed by atoms with Gasteiger partial charge in [-0.1, -0.05) is 36.4 Å². The van der Waals surface area contributed by atoms with Gasteiger partial charge in [-0.25, -0.2) is 0 Å². The van der Waals surface area contributed by atoms with E-state index in [1.165, 1.54) is 36.6 Å². The largest absolute Gasteiger partial charge is 0.469 e. The van der Waals surface area contributed by atoms with E-state index in [1.54, 1.807) is 0 Å². The van der Waals surface area contributed by atoms with Crippen LogP contribution < -0.4 is 5.32 Å². The average Bonchev–Trinajstić information content (AvgIpc) is 3.11. The minimum atomic E-state index is -0.540. The lowest BCUT2D eigenvalue weighted by Gasteiger charge is -2.22. The molecule has 3 rings (SSSR count). The molecule has 0 aromatic heterocycles. The smallest absolute Gasteiger partial charge is 0.315 e. The second-order valence-electron chi connectivity index (χ2n) is 7.32. The van der Waals surface area contributed by atoms with Gasteiger partial charge in [0.2, 0.25) is 5.91 Å². The molecule has 0 aliphatic carbocycles. The van der Waals surface area contributed by atoms with E-state index in [0.29, 0.717) is 11.7 Å². The highest BCUT2D eigenvalue weighted by atomic mass is 16.5. The summed E-state index contributed by atoms with van der Waals surface area (Å²) >= 11 is 0. The molecule has 2 aromatic carbocycles. The molecule has 1 amide bonds. The maximum atomic E-state index is 12.0. The van der Waals surface area contributed by atoms with E-state index < -0.39 is 5.97 Å². The Morgan fingerprint density at radius 3 is 2.64 bits per heavy atom. The van der Waals surface area contributed by atoms with Gasteiger partial charge >= 0.3 is 5.97 Å². The zero-order chi connectivity index (χ0) is 19.9. The lowest BCUT2D eigenvalue weighted by Crippen LogP contribution is -2.29. The van der Waals surface area contributed by atoms with Crippen LogP contribution in [0, 0.1) is 0 Å². The predicted octanol–water partition coefficient (Wildman–Crippen LogP) is 3.88. The fourth-order valence-corrected chi connectivity index (χ4v) is 3.78. The van der Waals surface area contributed by atoms with E-state index in [0.717, 1.165) is 19.5 Å². The van der Waals surface area contributed by atoms with Crippen LogP contribution in [0.1, 0.15) is 31.7 Å². The van der Waals surface area contributed by atoms with Gasteiger partial charge in [-0.15, -0.1) is 0 Å². The van der Waals surface area contributed by atoms with Crippen LogP contribution >= 0.6 is 0 Å². The summed E-state index contributed by atoms with van der Waals surface area (Å²) < 4.78 is 4.56. The van der Waals surface area contributed by atoms with Gasteiger partial charge in [0.05, 0.1) is 7.11 Å². The first-order chi connectivity index (χ1) is 13.6. The monoisotopic (exact) mass is 380 g/mol. The van der Waals surface area contributed by atoms with Crippen molar-refractivity contribution in [2.45, 2.75) is 38.6 Å². The zero-order valence-electron chi connectivity index (χ0n) is 16.6. The van der Waals surface area contributed by atoms with Crippen LogP contribution in [0.25, 0.3) is 11.1 Å². The number of hydrogen-bond donors (Lipinski definition) is 1. The van der Waals surface area contributed by atoms with Crippen molar-refractivity contribution < 1.29 is 14.3 Å². The molecule has 0 spiro atoms. The first kappa shape index (κ1) is 20.1. The van der Waals surface area contributed by atoms with E-state index in [1.807, 2.05) is 36.4 Å². The summed E-state index contributed by atoms with van der Waals surface area (Å²) in [5, 5.41) is 2.81. The predicted molar refractivity (Wildman–Crippen MR) is 111 cm³/mol. The number of rotatable bonds is 7. The van der Waals surface area contributed by atoms with Crippen molar-refractivity contribution in [3.63, 3.8) is 0 Å². The highest BCUT2D eigenvalue weighted by Gasteiger charge is 2.20. The number of nitrogens with one attached hydrogen (secondary N) is 1. The van der Waals surface area contributed by atoms with Crippen molar-refractivity contribution in [2.24, 2.45) is 0 Å². The molecule has 1 aliphatic heterocycles. The second-order valence-corrected chi connectivity index (χ2v) is 7.32. The summed E-state index contributed by atoms with van der Waals surface area (Å²) in [6.45, 7) is 4.44. The van der Waals surface area contributed by atoms with Crippen molar-refractivity contribution in [3.8, 4) is 11.1 Å². The highest BCUT2D eigenvalue weighted by molar-refractivity contribution is 6.02. The molecule has 28 heavy (non-hydrogen) atoms. The molecule has 0 saturated carbocycles. The minimum absolute atomic E-state index is 0.280.